The molecular formula is C11H11FN6O2S. The zero-order valence-corrected chi connectivity index (χ0v) is 11.7. The van der Waals surface area contributed by atoms with Crippen LogP contribution in [0.2, 0.25) is 0 Å². The molecule has 0 amide bonds. The molecule has 3 aromatic rings. The molecule has 0 aliphatic heterocycles. The summed E-state index contributed by atoms with van der Waals surface area (Å²) in [6.45, 7) is 0.200. The third-order valence-electron chi connectivity index (χ3n) is 2.97. The van der Waals surface area contributed by atoms with Crippen LogP contribution in [0.4, 0.5) is 4.39 Å². The molecule has 0 aliphatic carbocycles. The molecule has 2 N–H and O–H groups in total. The molecule has 0 bridgehead atoms. The summed E-state index contributed by atoms with van der Waals surface area (Å²) in [5.74, 6) is -0.137. The lowest BCUT2D eigenvalue weighted by atomic mass is 10.2. The number of hydrogen-bond donors (Lipinski definition) is 1. The Balaban J connectivity index is 2.19. The fraction of sp³-hybridized carbons (Fsp3) is 0.182. The van der Waals surface area contributed by atoms with Crippen molar-refractivity contribution in [3.63, 3.8) is 0 Å². The van der Waals surface area contributed by atoms with E-state index < -0.39 is 15.8 Å². The number of tetrazole rings is 1. The van der Waals surface area contributed by atoms with Crippen LogP contribution in [0.1, 0.15) is 5.82 Å². The molecule has 0 fully saturated rings. The van der Waals surface area contributed by atoms with Gasteiger partial charge in [0.15, 0.2) is 5.82 Å². The number of hydrogen-bond acceptors (Lipinski definition) is 5. The van der Waals surface area contributed by atoms with E-state index in [9.17, 15) is 12.8 Å². The predicted molar refractivity (Wildman–Crippen MR) is 71.2 cm³/mol. The Morgan fingerprint density at radius 1 is 1.38 bits per heavy atom. The quantitative estimate of drug-likeness (QED) is 0.732. The van der Waals surface area contributed by atoms with Crippen LogP contribution < -0.4 is 5.14 Å². The first-order chi connectivity index (χ1) is 9.84. The number of primary sulfonamides is 1. The smallest absolute Gasteiger partial charge is 0.240 e. The molecule has 0 unspecified atom stereocenters. The van der Waals surface area contributed by atoms with Gasteiger partial charge in [-0.3, -0.25) is 0 Å². The minimum Gasteiger partial charge on any atom is -0.338 e. The Morgan fingerprint density at radius 3 is 2.76 bits per heavy atom. The van der Waals surface area contributed by atoms with E-state index in [4.69, 9.17) is 5.14 Å². The molecule has 2 heterocycles. The topological polar surface area (TPSA) is 109 Å². The SMILES string of the molecule is Cn1nnc(Cn2cc(S(N)(=O)=O)c3cc(F)ccc32)n1. The molecule has 0 aliphatic rings. The van der Waals surface area contributed by atoms with Crippen molar-refractivity contribution in [1.82, 2.24) is 24.8 Å². The van der Waals surface area contributed by atoms with Crippen molar-refractivity contribution in [3.8, 4) is 0 Å². The lowest BCUT2D eigenvalue weighted by molar-refractivity contribution is 0.597. The molecule has 0 saturated heterocycles. The van der Waals surface area contributed by atoms with Crippen LogP contribution in [-0.4, -0.2) is 33.2 Å². The highest BCUT2D eigenvalue weighted by atomic mass is 32.2. The van der Waals surface area contributed by atoms with E-state index in [2.05, 4.69) is 15.4 Å². The molecule has 10 heteroatoms. The first kappa shape index (κ1) is 13.6. The Labute approximate surface area is 119 Å². The second kappa shape index (κ2) is 4.60. The molecule has 8 nitrogen and oxygen atoms in total. The first-order valence-corrected chi connectivity index (χ1v) is 7.43. The average molecular weight is 310 g/mol. The van der Waals surface area contributed by atoms with Gasteiger partial charge >= 0.3 is 0 Å². The van der Waals surface area contributed by atoms with Crippen LogP contribution in [0.3, 0.4) is 0 Å². The molecule has 0 spiro atoms. The van der Waals surface area contributed by atoms with Crippen LogP contribution in [0.25, 0.3) is 10.9 Å². The van der Waals surface area contributed by atoms with Gasteiger partial charge in [-0.1, -0.05) is 0 Å². The van der Waals surface area contributed by atoms with Crippen molar-refractivity contribution in [3.05, 3.63) is 36.0 Å². The Hall–Kier alpha value is -2.33. The molecule has 110 valence electrons. The van der Waals surface area contributed by atoms with Gasteiger partial charge < -0.3 is 4.57 Å². The summed E-state index contributed by atoms with van der Waals surface area (Å²) < 4.78 is 38.2. The molecular weight excluding hydrogens is 299 g/mol. The van der Waals surface area contributed by atoms with E-state index >= 15 is 0 Å². The number of rotatable bonds is 3. The van der Waals surface area contributed by atoms with Crippen molar-refractivity contribution < 1.29 is 12.8 Å². The summed E-state index contributed by atoms with van der Waals surface area (Å²) in [5, 5.41) is 17.0. The summed E-state index contributed by atoms with van der Waals surface area (Å²) >= 11 is 0. The number of aryl methyl sites for hydroxylation is 1. The van der Waals surface area contributed by atoms with Crippen LogP contribution in [0.5, 0.6) is 0 Å². The number of nitrogens with two attached hydrogens (primary N) is 1. The lowest BCUT2D eigenvalue weighted by Gasteiger charge is -2.00. The van der Waals surface area contributed by atoms with Gasteiger partial charge in [-0.05, 0) is 23.4 Å². The van der Waals surface area contributed by atoms with E-state index in [1.807, 2.05) is 0 Å². The van der Waals surface area contributed by atoms with E-state index in [0.29, 0.717) is 11.3 Å². The van der Waals surface area contributed by atoms with Crippen LogP contribution in [0.15, 0.2) is 29.3 Å². The van der Waals surface area contributed by atoms with E-state index in [-0.39, 0.29) is 16.8 Å². The summed E-state index contributed by atoms with van der Waals surface area (Å²) in [5.41, 5.74) is 0.521. The molecule has 0 saturated carbocycles. The van der Waals surface area contributed by atoms with Crippen molar-refractivity contribution in [2.75, 3.05) is 0 Å². The zero-order valence-electron chi connectivity index (χ0n) is 10.9. The van der Waals surface area contributed by atoms with Crippen molar-refractivity contribution in [1.29, 1.82) is 0 Å². The molecule has 2 aromatic heterocycles. The van der Waals surface area contributed by atoms with Gasteiger partial charge in [0, 0.05) is 11.6 Å². The number of benzene rings is 1. The summed E-state index contributed by atoms with van der Waals surface area (Å²) in [6.07, 6.45) is 1.34. The number of sulfonamides is 1. The van der Waals surface area contributed by atoms with Gasteiger partial charge in [-0.15, -0.1) is 10.2 Å². The van der Waals surface area contributed by atoms with Gasteiger partial charge in [-0.25, -0.2) is 17.9 Å². The normalized spacial score (nSPS) is 12.1. The minimum atomic E-state index is -3.96. The van der Waals surface area contributed by atoms with Gasteiger partial charge in [0.25, 0.3) is 0 Å². The van der Waals surface area contributed by atoms with Crippen molar-refractivity contribution in [2.45, 2.75) is 11.4 Å². The number of halogens is 1. The van der Waals surface area contributed by atoms with Crippen LogP contribution >= 0.6 is 0 Å². The van der Waals surface area contributed by atoms with E-state index in [1.165, 1.54) is 23.1 Å². The molecule has 21 heavy (non-hydrogen) atoms. The molecule has 1 aromatic carbocycles. The lowest BCUT2D eigenvalue weighted by Crippen LogP contribution is -2.11. The summed E-state index contributed by atoms with van der Waals surface area (Å²) in [6, 6.07) is 3.86. The van der Waals surface area contributed by atoms with Crippen LogP contribution in [0, 0.1) is 5.82 Å². The number of aromatic nitrogens is 5. The highest BCUT2D eigenvalue weighted by molar-refractivity contribution is 7.89. The summed E-state index contributed by atoms with van der Waals surface area (Å²) in [4.78, 5) is 1.15. The van der Waals surface area contributed by atoms with Gasteiger partial charge in [-0.2, -0.15) is 4.80 Å². The maximum absolute atomic E-state index is 13.4. The maximum Gasteiger partial charge on any atom is 0.240 e. The zero-order chi connectivity index (χ0) is 15.2. The van der Waals surface area contributed by atoms with E-state index in [0.717, 1.165) is 6.07 Å². The van der Waals surface area contributed by atoms with Gasteiger partial charge in [0.05, 0.1) is 19.1 Å². The van der Waals surface area contributed by atoms with Crippen LogP contribution in [-0.2, 0) is 23.6 Å². The Bertz CT molecular complexity index is 929. The Kier molecular flexibility index (Phi) is 2.99. The van der Waals surface area contributed by atoms with Crippen molar-refractivity contribution >= 4 is 20.9 Å². The highest BCUT2D eigenvalue weighted by Crippen LogP contribution is 2.25. The third kappa shape index (κ3) is 2.50. The largest absolute Gasteiger partial charge is 0.338 e. The number of fused-ring (bicyclic) bond motifs is 1. The fourth-order valence-electron chi connectivity index (χ4n) is 2.13. The van der Waals surface area contributed by atoms with Gasteiger partial charge in [0.1, 0.15) is 10.7 Å². The summed E-state index contributed by atoms with van der Waals surface area (Å²) in [7, 11) is -2.34. The minimum absolute atomic E-state index is 0.138. The average Bonchev–Trinajstić information content (AvgIpc) is 2.93. The fourth-order valence-corrected chi connectivity index (χ4v) is 2.88. The predicted octanol–water partition coefficient (Wildman–Crippen LogP) is -0.000400. The van der Waals surface area contributed by atoms with Gasteiger partial charge in [0.2, 0.25) is 10.0 Å². The molecule has 3 rings (SSSR count). The number of nitrogens with zero attached hydrogens (tertiary/aromatic N) is 5. The first-order valence-electron chi connectivity index (χ1n) is 5.88. The monoisotopic (exact) mass is 310 g/mol. The van der Waals surface area contributed by atoms with E-state index in [1.54, 1.807) is 11.6 Å². The standard InChI is InChI=1S/C11H11FN6O2S/c1-17-15-11(14-16-17)6-18-5-10(21(13,19)20)8-4-7(12)2-3-9(8)18/h2-5H,6H2,1H3,(H2,13,19,20). The highest BCUT2D eigenvalue weighted by Gasteiger charge is 2.18. The molecule has 0 radical (unpaired) electrons. The Morgan fingerprint density at radius 2 is 2.14 bits per heavy atom. The molecule has 0 atom stereocenters. The third-order valence-corrected chi connectivity index (χ3v) is 3.91. The second-order valence-electron chi connectivity index (χ2n) is 4.52. The van der Waals surface area contributed by atoms with Crippen molar-refractivity contribution in [2.24, 2.45) is 12.2 Å². The maximum atomic E-state index is 13.4. The second-order valence-corrected chi connectivity index (χ2v) is 6.05.